The van der Waals surface area contributed by atoms with Crippen LogP contribution in [-0.4, -0.2) is 11.0 Å². The van der Waals surface area contributed by atoms with Crippen molar-refractivity contribution in [3.63, 3.8) is 0 Å². The Morgan fingerprint density at radius 2 is 2.00 bits per heavy atom. The molecule has 0 atom stereocenters. The largest absolute Gasteiger partial charge is 0.323 e. The maximum atomic E-state index is 11.7. The molecule has 0 aliphatic carbocycles. The number of amides is 2. The molecule has 1 aromatic carbocycles. The fourth-order valence-corrected chi connectivity index (χ4v) is 1.65. The highest BCUT2D eigenvalue weighted by atomic mass is 35.5. The second kappa shape index (κ2) is 5.71. The van der Waals surface area contributed by atoms with Crippen LogP contribution in [0.4, 0.5) is 16.2 Å². The summed E-state index contributed by atoms with van der Waals surface area (Å²) in [6.45, 7) is 0. The maximum absolute atomic E-state index is 11.7. The zero-order valence-electron chi connectivity index (χ0n) is 9.15. The van der Waals surface area contributed by atoms with Gasteiger partial charge in [0.2, 0.25) is 0 Å². The second-order valence-electron chi connectivity index (χ2n) is 3.44. The topological polar surface area (TPSA) is 54.0 Å². The summed E-state index contributed by atoms with van der Waals surface area (Å²) in [4.78, 5) is 15.6. The lowest BCUT2D eigenvalue weighted by atomic mass is 10.3. The van der Waals surface area contributed by atoms with Crippen LogP contribution in [0.2, 0.25) is 10.0 Å². The molecule has 2 rings (SSSR count). The van der Waals surface area contributed by atoms with E-state index in [0.29, 0.717) is 21.4 Å². The van der Waals surface area contributed by atoms with Gasteiger partial charge in [-0.2, -0.15) is 0 Å². The fraction of sp³-hybridized carbons (Fsp3) is 0. The van der Waals surface area contributed by atoms with Crippen LogP contribution in [0.3, 0.4) is 0 Å². The third-order valence-electron chi connectivity index (χ3n) is 2.10. The van der Waals surface area contributed by atoms with Crippen LogP contribution in [0.5, 0.6) is 0 Å². The Morgan fingerprint density at radius 1 is 1.17 bits per heavy atom. The monoisotopic (exact) mass is 281 g/mol. The maximum Gasteiger partial charge on any atom is 0.323 e. The molecule has 18 heavy (non-hydrogen) atoms. The van der Waals surface area contributed by atoms with Crippen LogP contribution in [-0.2, 0) is 0 Å². The first-order valence-corrected chi connectivity index (χ1v) is 5.84. The van der Waals surface area contributed by atoms with Crippen molar-refractivity contribution in [3.05, 3.63) is 52.8 Å². The van der Waals surface area contributed by atoms with E-state index in [4.69, 9.17) is 23.2 Å². The van der Waals surface area contributed by atoms with E-state index in [1.54, 1.807) is 42.7 Å². The van der Waals surface area contributed by atoms with E-state index in [1.165, 1.54) is 0 Å². The van der Waals surface area contributed by atoms with Gasteiger partial charge >= 0.3 is 6.03 Å². The molecule has 0 aliphatic rings. The summed E-state index contributed by atoms with van der Waals surface area (Å²) < 4.78 is 0. The number of pyridine rings is 1. The zero-order valence-corrected chi connectivity index (χ0v) is 10.7. The minimum atomic E-state index is -0.410. The third-order valence-corrected chi connectivity index (χ3v) is 2.66. The number of nitrogens with zero attached hydrogens (tertiary/aromatic N) is 1. The smallest absolute Gasteiger partial charge is 0.306 e. The highest BCUT2D eigenvalue weighted by Gasteiger charge is 2.06. The summed E-state index contributed by atoms with van der Waals surface area (Å²) >= 11 is 11.7. The molecule has 2 N–H and O–H groups in total. The van der Waals surface area contributed by atoms with Gasteiger partial charge in [-0.15, -0.1) is 0 Å². The molecule has 0 saturated carbocycles. The van der Waals surface area contributed by atoms with Crippen molar-refractivity contribution < 1.29 is 4.79 Å². The highest BCUT2D eigenvalue weighted by molar-refractivity contribution is 6.35. The number of hydrogen-bond acceptors (Lipinski definition) is 2. The van der Waals surface area contributed by atoms with E-state index in [1.807, 2.05) is 0 Å². The molecular formula is C12H9Cl2N3O. The number of halogens is 2. The van der Waals surface area contributed by atoms with Crippen LogP contribution in [0.15, 0.2) is 42.7 Å². The summed E-state index contributed by atoms with van der Waals surface area (Å²) in [6.07, 6.45) is 3.16. The summed E-state index contributed by atoms with van der Waals surface area (Å²) in [6, 6.07) is 7.88. The van der Waals surface area contributed by atoms with Gasteiger partial charge in [-0.05, 0) is 30.3 Å². The molecule has 0 fully saturated rings. The molecular weight excluding hydrogens is 273 g/mol. The van der Waals surface area contributed by atoms with Gasteiger partial charge in [0.25, 0.3) is 0 Å². The molecule has 0 unspecified atom stereocenters. The SMILES string of the molecule is O=C(Nc1cccnc1)Nc1cc(Cl)ccc1Cl. The molecule has 0 radical (unpaired) electrons. The third kappa shape index (κ3) is 3.35. The van der Waals surface area contributed by atoms with Crippen molar-refractivity contribution >= 4 is 40.6 Å². The molecule has 1 aromatic heterocycles. The summed E-state index contributed by atoms with van der Waals surface area (Å²) in [5, 5.41) is 6.14. The number of anilines is 2. The predicted molar refractivity (Wildman–Crippen MR) is 73.3 cm³/mol. The first kappa shape index (κ1) is 12.7. The van der Waals surface area contributed by atoms with Gasteiger partial charge in [-0.25, -0.2) is 4.79 Å². The standard InChI is InChI=1S/C12H9Cl2N3O/c13-8-3-4-10(14)11(6-8)17-12(18)16-9-2-1-5-15-7-9/h1-7H,(H2,16,17,18). The van der Waals surface area contributed by atoms with Crippen molar-refractivity contribution in [1.29, 1.82) is 0 Å². The van der Waals surface area contributed by atoms with Gasteiger partial charge in [0.1, 0.15) is 0 Å². The van der Waals surface area contributed by atoms with Gasteiger partial charge in [0.05, 0.1) is 22.6 Å². The molecule has 0 aliphatic heterocycles. The molecule has 2 amide bonds. The van der Waals surface area contributed by atoms with Crippen LogP contribution >= 0.6 is 23.2 Å². The molecule has 2 aromatic rings. The lowest BCUT2D eigenvalue weighted by Gasteiger charge is -2.08. The first-order valence-electron chi connectivity index (χ1n) is 5.08. The van der Waals surface area contributed by atoms with Crippen molar-refractivity contribution in [3.8, 4) is 0 Å². The number of carbonyl (C=O) groups excluding carboxylic acids is 1. The van der Waals surface area contributed by atoms with E-state index in [9.17, 15) is 4.79 Å². The van der Waals surface area contributed by atoms with Crippen molar-refractivity contribution in [1.82, 2.24) is 4.98 Å². The van der Waals surface area contributed by atoms with Gasteiger partial charge in [0.15, 0.2) is 0 Å². The van der Waals surface area contributed by atoms with Crippen LogP contribution in [0.25, 0.3) is 0 Å². The van der Waals surface area contributed by atoms with E-state index < -0.39 is 6.03 Å². The number of benzene rings is 1. The number of urea groups is 1. The molecule has 0 saturated heterocycles. The molecule has 4 nitrogen and oxygen atoms in total. The Labute approximate surface area is 114 Å². The number of hydrogen-bond donors (Lipinski definition) is 2. The van der Waals surface area contributed by atoms with E-state index in [0.717, 1.165) is 0 Å². The Morgan fingerprint density at radius 3 is 2.72 bits per heavy atom. The normalized spacial score (nSPS) is 9.89. The number of rotatable bonds is 2. The summed E-state index contributed by atoms with van der Waals surface area (Å²) in [5.41, 5.74) is 1.04. The summed E-state index contributed by atoms with van der Waals surface area (Å²) in [5.74, 6) is 0. The number of carbonyl (C=O) groups is 1. The second-order valence-corrected chi connectivity index (χ2v) is 4.29. The van der Waals surface area contributed by atoms with Gasteiger partial charge in [-0.3, -0.25) is 4.98 Å². The Hall–Kier alpha value is -1.78. The molecule has 0 bridgehead atoms. The van der Waals surface area contributed by atoms with Crippen LogP contribution in [0, 0.1) is 0 Å². The number of aromatic nitrogens is 1. The van der Waals surface area contributed by atoms with E-state index in [-0.39, 0.29) is 0 Å². The lowest BCUT2D eigenvalue weighted by molar-refractivity contribution is 0.262. The average Bonchev–Trinajstić information content (AvgIpc) is 2.35. The predicted octanol–water partition coefficient (Wildman–Crippen LogP) is 4.03. The van der Waals surface area contributed by atoms with Crippen LogP contribution in [0.1, 0.15) is 0 Å². The molecule has 0 spiro atoms. The minimum absolute atomic E-state index is 0.410. The molecule has 92 valence electrons. The fourth-order valence-electron chi connectivity index (χ4n) is 1.31. The van der Waals surface area contributed by atoms with E-state index >= 15 is 0 Å². The molecule has 1 heterocycles. The van der Waals surface area contributed by atoms with Crippen molar-refractivity contribution in [2.45, 2.75) is 0 Å². The van der Waals surface area contributed by atoms with Crippen molar-refractivity contribution in [2.24, 2.45) is 0 Å². The van der Waals surface area contributed by atoms with Gasteiger partial charge < -0.3 is 10.6 Å². The Kier molecular flexibility index (Phi) is 4.02. The zero-order chi connectivity index (χ0) is 13.0. The van der Waals surface area contributed by atoms with Gasteiger partial charge in [-0.1, -0.05) is 23.2 Å². The lowest BCUT2D eigenvalue weighted by Crippen LogP contribution is -2.19. The first-order chi connectivity index (χ1) is 8.65. The average molecular weight is 282 g/mol. The Bertz CT molecular complexity index is 561. The van der Waals surface area contributed by atoms with E-state index in [2.05, 4.69) is 15.6 Å². The molecule has 6 heteroatoms. The quantitative estimate of drug-likeness (QED) is 0.873. The highest BCUT2D eigenvalue weighted by Crippen LogP contribution is 2.25. The van der Waals surface area contributed by atoms with Crippen molar-refractivity contribution in [2.75, 3.05) is 10.6 Å². The minimum Gasteiger partial charge on any atom is -0.306 e. The number of nitrogens with one attached hydrogen (secondary N) is 2. The van der Waals surface area contributed by atoms with Crippen LogP contribution < -0.4 is 10.6 Å². The Balaban J connectivity index is 2.05. The van der Waals surface area contributed by atoms with Gasteiger partial charge in [0, 0.05) is 11.2 Å². The summed E-state index contributed by atoms with van der Waals surface area (Å²) in [7, 11) is 0.